The Balaban J connectivity index is 3.14. The van der Waals surface area contributed by atoms with Crippen LogP contribution in [0.25, 0.3) is 0 Å². The number of benzene rings is 1. The van der Waals surface area contributed by atoms with E-state index in [1.54, 1.807) is 14.2 Å². The molecule has 0 bridgehead atoms. The number of hydrogen-bond acceptors (Lipinski definition) is 4. The van der Waals surface area contributed by atoms with Crippen LogP contribution in [0, 0.1) is 0 Å². The van der Waals surface area contributed by atoms with E-state index in [9.17, 15) is 0 Å². The topological polar surface area (TPSA) is 53.7 Å². The van der Waals surface area contributed by atoms with Gasteiger partial charge in [-0.2, -0.15) is 0 Å². The maximum atomic E-state index is 5.53. The molecule has 0 aliphatic rings. The molecule has 0 fully saturated rings. The number of rotatable bonds is 6. The summed E-state index contributed by atoms with van der Waals surface area (Å²) in [5.74, 6) is 2.01. The van der Waals surface area contributed by atoms with Crippen LogP contribution in [-0.4, -0.2) is 27.4 Å². The zero-order valence-electron chi connectivity index (χ0n) is 10.1. The molecule has 4 heteroatoms. The summed E-state index contributed by atoms with van der Waals surface area (Å²) in [7, 11) is 3.21. The third kappa shape index (κ3) is 2.79. The summed E-state index contributed by atoms with van der Waals surface area (Å²) in [5, 5.41) is 0. The Morgan fingerprint density at radius 1 is 1.12 bits per heavy atom. The summed E-state index contributed by atoms with van der Waals surface area (Å²) in [4.78, 5) is 0. The van der Waals surface area contributed by atoms with Crippen molar-refractivity contribution >= 4 is 0 Å². The number of ether oxygens (including phenoxy) is 3. The molecule has 0 amide bonds. The number of hydrogen-bond donors (Lipinski definition) is 1. The fourth-order valence-corrected chi connectivity index (χ4v) is 1.56. The van der Waals surface area contributed by atoms with Gasteiger partial charge >= 0.3 is 0 Å². The molecule has 1 aromatic carbocycles. The predicted octanol–water partition coefficient (Wildman–Crippen LogP) is 1.60. The van der Waals surface area contributed by atoms with Crippen LogP contribution in [-0.2, 0) is 6.42 Å². The number of nitrogens with two attached hydrogens (primary N) is 1. The monoisotopic (exact) mass is 225 g/mol. The molecule has 1 aromatic rings. The minimum Gasteiger partial charge on any atom is -0.493 e. The average Bonchev–Trinajstić information content (AvgIpc) is 2.29. The van der Waals surface area contributed by atoms with Crippen molar-refractivity contribution in [2.75, 3.05) is 27.4 Å². The molecule has 0 unspecified atom stereocenters. The molecule has 0 atom stereocenters. The molecule has 0 saturated heterocycles. The van der Waals surface area contributed by atoms with Gasteiger partial charge in [-0.25, -0.2) is 0 Å². The second kappa shape index (κ2) is 6.23. The second-order valence-corrected chi connectivity index (χ2v) is 3.30. The van der Waals surface area contributed by atoms with Gasteiger partial charge in [-0.3, -0.25) is 0 Å². The van der Waals surface area contributed by atoms with Crippen LogP contribution in [0.1, 0.15) is 12.5 Å². The zero-order chi connectivity index (χ0) is 12.0. The van der Waals surface area contributed by atoms with E-state index in [0.29, 0.717) is 30.4 Å². The zero-order valence-corrected chi connectivity index (χ0v) is 10.1. The van der Waals surface area contributed by atoms with E-state index in [-0.39, 0.29) is 0 Å². The lowest BCUT2D eigenvalue weighted by Crippen LogP contribution is -2.04. The first kappa shape index (κ1) is 12.6. The Hall–Kier alpha value is -1.42. The van der Waals surface area contributed by atoms with Gasteiger partial charge < -0.3 is 19.9 Å². The van der Waals surface area contributed by atoms with Crippen LogP contribution < -0.4 is 19.9 Å². The van der Waals surface area contributed by atoms with Gasteiger partial charge in [0.25, 0.3) is 0 Å². The molecule has 0 aliphatic heterocycles. The summed E-state index contributed by atoms with van der Waals surface area (Å²) in [6.07, 6.45) is 0.792. The lowest BCUT2D eigenvalue weighted by molar-refractivity contribution is 0.296. The Labute approximate surface area is 96.3 Å². The first-order valence-electron chi connectivity index (χ1n) is 5.34. The summed E-state index contributed by atoms with van der Waals surface area (Å²) in [6.45, 7) is 3.12. The van der Waals surface area contributed by atoms with Gasteiger partial charge in [0.1, 0.15) is 0 Å². The lowest BCUT2D eigenvalue weighted by Gasteiger charge is -2.14. The highest BCUT2D eigenvalue weighted by Crippen LogP contribution is 2.38. The molecule has 0 spiro atoms. The summed E-state index contributed by atoms with van der Waals surface area (Å²) >= 11 is 0. The van der Waals surface area contributed by atoms with Crippen molar-refractivity contribution in [2.45, 2.75) is 13.3 Å². The fraction of sp³-hybridized carbons (Fsp3) is 0.500. The van der Waals surface area contributed by atoms with Crippen molar-refractivity contribution in [1.29, 1.82) is 0 Å². The SMILES string of the molecule is CCOc1cc(CCN)cc(OC)c1OC. The predicted molar refractivity (Wildman–Crippen MR) is 63.5 cm³/mol. The van der Waals surface area contributed by atoms with Crippen molar-refractivity contribution in [3.8, 4) is 17.2 Å². The largest absolute Gasteiger partial charge is 0.493 e. The van der Waals surface area contributed by atoms with Crippen LogP contribution in [0.3, 0.4) is 0 Å². The van der Waals surface area contributed by atoms with Gasteiger partial charge in [0.05, 0.1) is 20.8 Å². The highest BCUT2D eigenvalue weighted by molar-refractivity contribution is 5.53. The van der Waals surface area contributed by atoms with Crippen LogP contribution in [0.5, 0.6) is 17.2 Å². The molecule has 0 radical (unpaired) electrons. The minimum absolute atomic E-state index is 0.589. The third-order valence-corrected chi connectivity index (χ3v) is 2.24. The highest BCUT2D eigenvalue weighted by Gasteiger charge is 2.12. The van der Waals surface area contributed by atoms with E-state index in [1.165, 1.54) is 0 Å². The van der Waals surface area contributed by atoms with Crippen molar-refractivity contribution in [1.82, 2.24) is 0 Å². The van der Waals surface area contributed by atoms with E-state index >= 15 is 0 Å². The van der Waals surface area contributed by atoms with Crippen LogP contribution in [0.15, 0.2) is 12.1 Å². The smallest absolute Gasteiger partial charge is 0.203 e. The standard InChI is InChI=1S/C12H19NO3/c1-4-16-11-8-9(5-6-13)7-10(14-2)12(11)15-3/h7-8H,4-6,13H2,1-3H3. The van der Waals surface area contributed by atoms with E-state index in [4.69, 9.17) is 19.9 Å². The molecular formula is C12H19NO3. The molecular weight excluding hydrogens is 206 g/mol. The Bertz CT molecular complexity index is 339. The Morgan fingerprint density at radius 2 is 1.81 bits per heavy atom. The normalized spacial score (nSPS) is 10.0. The van der Waals surface area contributed by atoms with Crippen molar-refractivity contribution in [3.05, 3.63) is 17.7 Å². The highest BCUT2D eigenvalue weighted by atomic mass is 16.5. The number of methoxy groups -OCH3 is 2. The fourth-order valence-electron chi connectivity index (χ4n) is 1.56. The maximum Gasteiger partial charge on any atom is 0.203 e. The molecule has 2 N–H and O–H groups in total. The lowest BCUT2D eigenvalue weighted by atomic mass is 10.1. The summed E-state index contributed by atoms with van der Waals surface area (Å²) in [5.41, 5.74) is 6.62. The van der Waals surface area contributed by atoms with E-state index in [0.717, 1.165) is 12.0 Å². The maximum absolute atomic E-state index is 5.53. The van der Waals surface area contributed by atoms with Gasteiger partial charge in [0.2, 0.25) is 5.75 Å². The Kier molecular flexibility index (Phi) is 4.92. The quantitative estimate of drug-likeness (QED) is 0.799. The minimum atomic E-state index is 0.589. The van der Waals surface area contributed by atoms with Gasteiger partial charge in [0.15, 0.2) is 11.5 Å². The molecule has 1 rings (SSSR count). The third-order valence-electron chi connectivity index (χ3n) is 2.24. The molecule has 0 aliphatic carbocycles. The Morgan fingerprint density at radius 3 is 2.31 bits per heavy atom. The molecule has 0 saturated carbocycles. The first-order chi connectivity index (χ1) is 7.76. The molecule has 0 aromatic heterocycles. The van der Waals surface area contributed by atoms with Crippen LogP contribution >= 0.6 is 0 Å². The van der Waals surface area contributed by atoms with E-state index < -0.39 is 0 Å². The molecule has 0 heterocycles. The van der Waals surface area contributed by atoms with Crippen molar-refractivity contribution in [2.24, 2.45) is 5.73 Å². The first-order valence-corrected chi connectivity index (χ1v) is 5.34. The average molecular weight is 225 g/mol. The van der Waals surface area contributed by atoms with E-state index in [1.807, 2.05) is 19.1 Å². The summed E-state index contributed by atoms with van der Waals surface area (Å²) < 4.78 is 16.0. The van der Waals surface area contributed by atoms with E-state index in [2.05, 4.69) is 0 Å². The summed E-state index contributed by atoms with van der Waals surface area (Å²) in [6, 6.07) is 3.87. The van der Waals surface area contributed by atoms with Gasteiger partial charge in [-0.15, -0.1) is 0 Å². The molecule has 90 valence electrons. The van der Waals surface area contributed by atoms with Gasteiger partial charge in [0, 0.05) is 0 Å². The second-order valence-electron chi connectivity index (χ2n) is 3.30. The van der Waals surface area contributed by atoms with Gasteiger partial charge in [-0.05, 0) is 37.6 Å². The van der Waals surface area contributed by atoms with Gasteiger partial charge in [-0.1, -0.05) is 0 Å². The van der Waals surface area contributed by atoms with Crippen molar-refractivity contribution in [3.63, 3.8) is 0 Å². The van der Waals surface area contributed by atoms with Crippen LogP contribution in [0.2, 0.25) is 0 Å². The molecule has 16 heavy (non-hydrogen) atoms. The molecule has 4 nitrogen and oxygen atoms in total. The van der Waals surface area contributed by atoms with Crippen LogP contribution in [0.4, 0.5) is 0 Å². The van der Waals surface area contributed by atoms with Crippen molar-refractivity contribution < 1.29 is 14.2 Å².